The molecule has 2 aromatic heterocycles. The Balaban J connectivity index is 1.88. The van der Waals surface area contributed by atoms with E-state index in [1.807, 2.05) is 0 Å². The molecule has 2 aromatic rings. The lowest BCUT2D eigenvalue weighted by Crippen LogP contribution is -2.36. The fourth-order valence-corrected chi connectivity index (χ4v) is 2.78. The predicted octanol–water partition coefficient (Wildman–Crippen LogP) is 0.614. The maximum absolute atomic E-state index is 12.5. The molecule has 23 heavy (non-hydrogen) atoms. The molecule has 0 radical (unpaired) electrons. The third kappa shape index (κ3) is 3.02. The molecule has 2 N–H and O–H groups in total. The Morgan fingerprint density at radius 3 is 2.74 bits per heavy atom. The highest BCUT2D eigenvalue weighted by Crippen LogP contribution is 2.24. The minimum atomic E-state index is -2.64. The molecule has 1 atom stereocenters. The number of fused-ring (bicyclic) bond motifs is 1. The number of nitrogens with zero attached hydrogens (tertiary/aromatic N) is 4. The van der Waals surface area contributed by atoms with E-state index < -0.39 is 24.4 Å². The van der Waals surface area contributed by atoms with Gasteiger partial charge in [-0.2, -0.15) is 5.10 Å². The van der Waals surface area contributed by atoms with Crippen molar-refractivity contribution in [2.45, 2.75) is 44.6 Å². The molecular weight excluding hydrogens is 310 g/mol. The molecule has 0 aliphatic carbocycles. The van der Waals surface area contributed by atoms with Gasteiger partial charge in [0, 0.05) is 12.6 Å². The summed E-state index contributed by atoms with van der Waals surface area (Å²) in [5.74, 6) is 0.497. The number of alkyl halides is 2. The minimum absolute atomic E-state index is 0.0869. The normalized spacial score (nSPS) is 17.7. The molecule has 3 rings (SSSR count). The van der Waals surface area contributed by atoms with Gasteiger partial charge in [0.05, 0.1) is 12.6 Å². The van der Waals surface area contributed by atoms with Gasteiger partial charge in [-0.25, -0.2) is 18.3 Å². The largest absolute Gasteiger partial charge is 0.366 e. The van der Waals surface area contributed by atoms with Crippen LogP contribution in [-0.2, 0) is 13.0 Å². The third-order valence-electron chi connectivity index (χ3n) is 3.92. The monoisotopic (exact) mass is 326 g/mol. The van der Waals surface area contributed by atoms with E-state index in [1.54, 1.807) is 0 Å². The summed E-state index contributed by atoms with van der Waals surface area (Å²) in [6.07, 6.45) is -1.21. The molecule has 0 fully saturated rings. The van der Waals surface area contributed by atoms with Gasteiger partial charge in [-0.3, -0.25) is 9.55 Å². The van der Waals surface area contributed by atoms with E-state index in [9.17, 15) is 23.8 Å². The van der Waals surface area contributed by atoms with Crippen molar-refractivity contribution < 1.29 is 19.0 Å². The molecule has 0 amide bonds. The van der Waals surface area contributed by atoms with E-state index in [1.165, 1.54) is 27.6 Å². The molecule has 0 aromatic carbocycles. The number of aliphatic hydroxyl groups is 2. The van der Waals surface area contributed by atoms with Crippen LogP contribution in [-0.4, -0.2) is 35.8 Å². The maximum atomic E-state index is 12.5. The van der Waals surface area contributed by atoms with Crippen LogP contribution in [0.15, 0.2) is 23.1 Å². The van der Waals surface area contributed by atoms with Crippen molar-refractivity contribution >= 4 is 0 Å². The SMILES string of the molecule is O=c1n(Cc2ccc(C(F)F)nc2)nc2n1C(C(O)O)CCC2. The van der Waals surface area contributed by atoms with Crippen LogP contribution in [0.4, 0.5) is 8.78 Å². The summed E-state index contributed by atoms with van der Waals surface area (Å²) in [6.45, 7) is 0.0869. The van der Waals surface area contributed by atoms with Crippen molar-refractivity contribution in [2.75, 3.05) is 0 Å². The van der Waals surface area contributed by atoms with Crippen LogP contribution in [0.5, 0.6) is 0 Å². The van der Waals surface area contributed by atoms with Crippen molar-refractivity contribution in [1.82, 2.24) is 19.3 Å². The lowest BCUT2D eigenvalue weighted by atomic mass is 10.0. The lowest BCUT2D eigenvalue weighted by Gasteiger charge is -2.24. The number of hydrogen-bond acceptors (Lipinski definition) is 5. The average Bonchev–Trinajstić information content (AvgIpc) is 2.84. The Hall–Kier alpha value is -2.13. The zero-order chi connectivity index (χ0) is 16.6. The number of halogens is 2. The van der Waals surface area contributed by atoms with Gasteiger partial charge < -0.3 is 10.2 Å². The van der Waals surface area contributed by atoms with Gasteiger partial charge in [0.2, 0.25) is 0 Å². The highest BCUT2D eigenvalue weighted by molar-refractivity contribution is 5.15. The molecule has 9 heteroatoms. The highest BCUT2D eigenvalue weighted by atomic mass is 19.3. The van der Waals surface area contributed by atoms with Crippen LogP contribution >= 0.6 is 0 Å². The summed E-state index contributed by atoms with van der Waals surface area (Å²) in [5, 5.41) is 23.0. The van der Waals surface area contributed by atoms with E-state index in [0.717, 1.165) is 0 Å². The van der Waals surface area contributed by atoms with Gasteiger partial charge in [-0.15, -0.1) is 0 Å². The first-order valence-electron chi connectivity index (χ1n) is 7.24. The molecule has 1 aliphatic heterocycles. The molecule has 0 bridgehead atoms. The lowest BCUT2D eigenvalue weighted by molar-refractivity contribution is -0.0843. The number of hydrogen-bond donors (Lipinski definition) is 2. The molecule has 0 saturated carbocycles. The van der Waals surface area contributed by atoms with E-state index >= 15 is 0 Å². The van der Waals surface area contributed by atoms with Crippen LogP contribution < -0.4 is 5.69 Å². The van der Waals surface area contributed by atoms with Gasteiger partial charge in [0.1, 0.15) is 11.5 Å². The Morgan fingerprint density at radius 2 is 2.13 bits per heavy atom. The number of aliphatic hydroxyl groups excluding tert-OH is 1. The molecule has 7 nitrogen and oxygen atoms in total. The summed E-state index contributed by atoms with van der Waals surface area (Å²) in [5.41, 5.74) is -0.211. The first-order valence-corrected chi connectivity index (χ1v) is 7.24. The fraction of sp³-hybridized carbons (Fsp3) is 0.500. The molecule has 0 saturated heterocycles. The summed E-state index contributed by atoms with van der Waals surface area (Å²) in [6, 6.07) is 1.97. The first kappa shape index (κ1) is 15.8. The number of aryl methyl sites for hydroxylation is 1. The number of aromatic nitrogens is 4. The number of pyridine rings is 1. The minimum Gasteiger partial charge on any atom is -0.366 e. The van der Waals surface area contributed by atoms with Gasteiger partial charge in [0.25, 0.3) is 6.43 Å². The second kappa shape index (κ2) is 6.17. The van der Waals surface area contributed by atoms with Crippen molar-refractivity contribution in [2.24, 2.45) is 0 Å². The van der Waals surface area contributed by atoms with Crippen molar-refractivity contribution in [1.29, 1.82) is 0 Å². The standard InChI is InChI=1S/C14H16F2N4O3/c15-12(16)9-5-4-8(6-17-9)7-19-14(23)20-10(13(21)22)2-1-3-11(20)18-19/h4-6,10,12-13,21-22H,1-3,7H2. The summed E-state index contributed by atoms with van der Waals surface area (Å²) in [4.78, 5) is 16.1. The Kier molecular flexibility index (Phi) is 4.22. The van der Waals surface area contributed by atoms with Crippen molar-refractivity contribution in [3.8, 4) is 0 Å². The summed E-state index contributed by atoms with van der Waals surface area (Å²) < 4.78 is 27.5. The Bertz CT molecular complexity index is 739. The van der Waals surface area contributed by atoms with Gasteiger partial charge in [-0.1, -0.05) is 6.07 Å². The van der Waals surface area contributed by atoms with E-state index in [2.05, 4.69) is 10.1 Å². The Morgan fingerprint density at radius 1 is 1.35 bits per heavy atom. The predicted molar refractivity (Wildman–Crippen MR) is 75.0 cm³/mol. The molecule has 0 spiro atoms. The van der Waals surface area contributed by atoms with E-state index in [-0.39, 0.29) is 12.2 Å². The van der Waals surface area contributed by atoms with Gasteiger partial charge >= 0.3 is 5.69 Å². The van der Waals surface area contributed by atoms with Crippen LogP contribution in [0.2, 0.25) is 0 Å². The zero-order valence-electron chi connectivity index (χ0n) is 12.1. The average molecular weight is 326 g/mol. The number of rotatable bonds is 4. The highest BCUT2D eigenvalue weighted by Gasteiger charge is 2.29. The second-order valence-corrected chi connectivity index (χ2v) is 5.49. The molecule has 3 heterocycles. The van der Waals surface area contributed by atoms with Gasteiger partial charge in [-0.05, 0) is 24.5 Å². The zero-order valence-corrected chi connectivity index (χ0v) is 12.1. The van der Waals surface area contributed by atoms with Crippen LogP contribution in [0, 0.1) is 0 Å². The molecule has 124 valence electrons. The summed E-state index contributed by atoms with van der Waals surface area (Å²) in [7, 11) is 0. The molecule has 1 aliphatic rings. The second-order valence-electron chi connectivity index (χ2n) is 5.49. The van der Waals surface area contributed by atoms with Crippen molar-refractivity contribution in [3.05, 3.63) is 45.9 Å². The smallest absolute Gasteiger partial charge is 0.346 e. The quantitative estimate of drug-likeness (QED) is 0.803. The van der Waals surface area contributed by atoms with Crippen LogP contribution in [0.3, 0.4) is 0 Å². The topological polar surface area (TPSA) is 93.2 Å². The van der Waals surface area contributed by atoms with Gasteiger partial charge in [0.15, 0.2) is 6.29 Å². The van der Waals surface area contributed by atoms with E-state index in [4.69, 9.17) is 0 Å². The van der Waals surface area contributed by atoms with Crippen LogP contribution in [0.25, 0.3) is 0 Å². The third-order valence-corrected chi connectivity index (χ3v) is 3.92. The first-order chi connectivity index (χ1) is 11.0. The summed E-state index contributed by atoms with van der Waals surface area (Å²) >= 11 is 0. The fourth-order valence-electron chi connectivity index (χ4n) is 2.78. The molecular formula is C14H16F2N4O3. The maximum Gasteiger partial charge on any atom is 0.346 e. The molecule has 1 unspecified atom stereocenters. The van der Waals surface area contributed by atoms with Crippen LogP contribution in [0.1, 0.15) is 42.4 Å². The Labute approximate surface area is 129 Å². The van der Waals surface area contributed by atoms with Crippen molar-refractivity contribution in [3.63, 3.8) is 0 Å². The van der Waals surface area contributed by atoms with E-state index in [0.29, 0.717) is 30.7 Å².